The number of aliphatic hydroxyl groups is 2. The van der Waals surface area contributed by atoms with Crippen molar-refractivity contribution >= 4 is 29.5 Å². The maximum absolute atomic E-state index is 10.1. The van der Waals surface area contributed by atoms with E-state index in [0.29, 0.717) is 22.6 Å². The van der Waals surface area contributed by atoms with Crippen molar-refractivity contribution in [2.45, 2.75) is 24.3 Å². The minimum Gasteiger partial charge on any atom is -0.389 e. The van der Waals surface area contributed by atoms with Gasteiger partial charge in [0.05, 0.1) is 17.7 Å². The van der Waals surface area contributed by atoms with Gasteiger partial charge in [-0.2, -0.15) is 12.6 Å². The van der Waals surface area contributed by atoms with E-state index in [1.165, 1.54) is 6.33 Å². The van der Waals surface area contributed by atoms with E-state index in [4.69, 9.17) is 5.73 Å². The maximum Gasteiger partial charge on any atom is 0.151 e. The first-order chi connectivity index (χ1) is 9.13. The molecule has 1 saturated heterocycles. The number of nitrogens with zero attached hydrogens (tertiary/aromatic N) is 2. The lowest BCUT2D eigenvalue weighted by Gasteiger charge is -2.14. The first-order valence-corrected chi connectivity index (χ1v) is 6.57. The van der Waals surface area contributed by atoms with E-state index in [1.54, 1.807) is 6.20 Å². The number of fused-ring (bicyclic) bond motifs is 1. The predicted molar refractivity (Wildman–Crippen MR) is 73.8 cm³/mol. The van der Waals surface area contributed by atoms with Gasteiger partial charge in [-0.1, -0.05) is 0 Å². The van der Waals surface area contributed by atoms with Gasteiger partial charge in [-0.15, -0.1) is 0 Å². The molecule has 3 rings (SSSR count). The van der Waals surface area contributed by atoms with Crippen LogP contribution in [0, 0.1) is 0 Å². The molecule has 0 unspecified atom stereocenters. The van der Waals surface area contributed by atoms with Crippen LogP contribution in [0.5, 0.6) is 0 Å². The second kappa shape index (κ2) is 4.64. The average molecular weight is 281 g/mol. The minimum atomic E-state index is -0.910. The molecule has 2 aromatic rings. The van der Waals surface area contributed by atoms with Crippen LogP contribution in [0.2, 0.25) is 0 Å². The molecule has 1 aliphatic heterocycles. The monoisotopic (exact) mass is 281 g/mol. The van der Waals surface area contributed by atoms with Gasteiger partial charge in [-0.25, -0.2) is 9.97 Å². The summed E-state index contributed by atoms with van der Waals surface area (Å²) in [6.07, 6.45) is 1.34. The number of aromatic amines is 1. The van der Waals surface area contributed by atoms with Crippen molar-refractivity contribution in [1.82, 2.24) is 20.3 Å². The molecule has 0 amide bonds. The Balaban J connectivity index is 2.04. The summed E-state index contributed by atoms with van der Waals surface area (Å²) in [5.74, 6) is 0.795. The zero-order valence-corrected chi connectivity index (χ0v) is 10.9. The van der Waals surface area contributed by atoms with Crippen LogP contribution in [-0.4, -0.2) is 49.2 Å². The van der Waals surface area contributed by atoms with Gasteiger partial charge in [0.2, 0.25) is 0 Å². The molecule has 1 fully saturated rings. The summed E-state index contributed by atoms with van der Waals surface area (Å²) in [5, 5.41) is 23.2. The van der Waals surface area contributed by atoms with Crippen LogP contribution in [-0.2, 0) is 0 Å². The van der Waals surface area contributed by atoms with Crippen LogP contribution in [0.4, 0.5) is 5.82 Å². The Morgan fingerprint density at radius 3 is 2.79 bits per heavy atom. The number of nitrogens with two attached hydrogens (primary N) is 1. The van der Waals surface area contributed by atoms with E-state index >= 15 is 0 Å². The quantitative estimate of drug-likeness (QED) is 0.401. The molecule has 102 valence electrons. The van der Waals surface area contributed by atoms with Crippen LogP contribution in [0.1, 0.15) is 11.6 Å². The Morgan fingerprint density at radius 1 is 1.32 bits per heavy atom. The SMILES string of the molecule is Nc1ncnc2c([C@@H]3N[C@H](CS)[C@@H](O)[C@H]3O)c[nH]c12. The van der Waals surface area contributed by atoms with E-state index in [2.05, 4.69) is 32.9 Å². The van der Waals surface area contributed by atoms with Crippen molar-refractivity contribution in [1.29, 1.82) is 0 Å². The van der Waals surface area contributed by atoms with E-state index in [0.717, 1.165) is 5.56 Å². The average Bonchev–Trinajstić information content (AvgIpc) is 2.94. The lowest BCUT2D eigenvalue weighted by atomic mass is 10.0. The molecule has 0 bridgehead atoms. The summed E-state index contributed by atoms with van der Waals surface area (Å²) in [5.41, 5.74) is 7.80. The summed E-state index contributed by atoms with van der Waals surface area (Å²) in [6.45, 7) is 0. The molecule has 0 saturated carbocycles. The largest absolute Gasteiger partial charge is 0.389 e. The highest BCUT2D eigenvalue weighted by Crippen LogP contribution is 2.32. The Kier molecular flexibility index (Phi) is 3.09. The zero-order valence-electron chi connectivity index (χ0n) is 9.98. The molecule has 19 heavy (non-hydrogen) atoms. The third-order valence-electron chi connectivity index (χ3n) is 3.55. The number of thiol groups is 1. The third kappa shape index (κ3) is 1.88. The van der Waals surface area contributed by atoms with Crippen LogP contribution in [0.3, 0.4) is 0 Å². The van der Waals surface area contributed by atoms with Gasteiger partial charge in [0.1, 0.15) is 17.9 Å². The molecule has 0 aliphatic carbocycles. The van der Waals surface area contributed by atoms with E-state index in [9.17, 15) is 10.2 Å². The molecule has 6 N–H and O–H groups in total. The fourth-order valence-corrected chi connectivity index (χ4v) is 2.83. The summed E-state index contributed by atoms with van der Waals surface area (Å²) in [6, 6.07) is -0.664. The van der Waals surface area contributed by atoms with Gasteiger partial charge in [-0.05, 0) is 0 Å². The number of nitrogen functional groups attached to an aromatic ring is 1. The van der Waals surface area contributed by atoms with Crippen LogP contribution < -0.4 is 11.1 Å². The number of H-pyrrole nitrogens is 1. The number of aromatic nitrogens is 3. The molecule has 0 spiro atoms. The lowest BCUT2D eigenvalue weighted by molar-refractivity contribution is 0.0308. The fraction of sp³-hybridized carbons (Fsp3) is 0.455. The second-order valence-corrected chi connectivity index (χ2v) is 5.01. The smallest absolute Gasteiger partial charge is 0.151 e. The van der Waals surface area contributed by atoms with Crippen molar-refractivity contribution in [2.24, 2.45) is 0 Å². The molecule has 0 radical (unpaired) electrons. The highest BCUT2D eigenvalue weighted by Gasteiger charge is 2.42. The van der Waals surface area contributed by atoms with E-state index in [-0.39, 0.29) is 6.04 Å². The molecular formula is C11H15N5O2S. The Morgan fingerprint density at radius 2 is 2.11 bits per heavy atom. The Labute approximate surface area is 114 Å². The summed E-state index contributed by atoms with van der Waals surface area (Å²) in [7, 11) is 0. The first kappa shape index (κ1) is 12.7. The van der Waals surface area contributed by atoms with Crippen LogP contribution in [0.15, 0.2) is 12.5 Å². The van der Waals surface area contributed by atoms with Crippen molar-refractivity contribution in [3.05, 3.63) is 18.1 Å². The molecule has 8 heteroatoms. The summed E-state index contributed by atoms with van der Waals surface area (Å²) in [4.78, 5) is 11.1. The zero-order chi connectivity index (χ0) is 13.6. The first-order valence-electron chi connectivity index (χ1n) is 5.94. The number of rotatable bonds is 2. The van der Waals surface area contributed by atoms with Crippen LogP contribution in [0.25, 0.3) is 11.0 Å². The standard InChI is InChI=1S/C11H15N5O2S/c12-11-8-6(14-3-15-11)4(1-13-8)7-10(18)9(17)5(2-19)16-7/h1,3,5,7,9-10,13,16-19H,2H2,(H2,12,14,15)/t5-,7+,9-,10+/m1/s1. The Bertz CT molecular complexity index is 604. The number of anilines is 1. The molecule has 1 aliphatic rings. The van der Waals surface area contributed by atoms with E-state index < -0.39 is 18.2 Å². The van der Waals surface area contributed by atoms with E-state index in [1.807, 2.05) is 0 Å². The van der Waals surface area contributed by atoms with Crippen molar-refractivity contribution in [3.63, 3.8) is 0 Å². The van der Waals surface area contributed by atoms with Gasteiger partial charge in [0.15, 0.2) is 5.82 Å². The molecule has 7 nitrogen and oxygen atoms in total. The number of aliphatic hydroxyl groups excluding tert-OH is 2. The summed E-state index contributed by atoms with van der Waals surface area (Å²) < 4.78 is 0. The molecular weight excluding hydrogens is 266 g/mol. The van der Waals surface area contributed by atoms with Crippen molar-refractivity contribution in [3.8, 4) is 0 Å². The molecule has 3 heterocycles. The Hall–Kier alpha value is -1.35. The molecule has 0 aromatic carbocycles. The highest BCUT2D eigenvalue weighted by atomic mass is 32.1. The number of hydrogen-bond donors (Lipinski definition) is 6. The maximum atomic E-state index is 10.1. The minimum absolute atomic E-state index is 0.257. The van der Waals surface area contributed by atoms with Crippen molar-refractivity contribution in [2.75, 3.05) is 11.5 Å². The molecule has 4 atom stereocenters. The van der Waals surface area contributed by atoms with Gasteiger partial charge in [0.25, 0.3) is 0 Å². The highest BCUT2D eigenvalue weighted by molar-refractivity contribution is 7.80. The van der Waals surface area contributed by atoms with Crippen LogP contribution >= 0.6 is 12.6 Å². The van der Waals surface area contributed by atoms with Crippen molar-refractivity contribution < 1.29 is 10.2 Å². The number of hydrogen-bond acceptors (Lipinski definition) is 7. The third-order valence-corrected chi connectivity index (χ3v) is 3.94. The van der Waals surface area contributed by atoms with Gasteiger partial charge >= 0.3 is 0 Å². The second-order valence-electron chi connectivity index (χ2n) is 4.64. The normalized spacial score (nSPS) is 31.1. The number of nitrogens with one attached hydrogen (secondary N) is 2. The fourth-order valence-electron chi connectivity index (χ4n) is 2.51. The van der Waals surface area contributed by atoms with Gasteiger partial charge < -0.3 is 26.2 Å². The predicted octanol–water partition coefficient (Wildman–Crippen LogP) is -0.795. The lowest BCUT2D eigenvalue weighted by Crippen LogP contribution is -2.34. The molecule has 2 aromatic heterocycles. The van der Waals surface area contributed by atoms with Gasteiger partial charge in [-0.3, -0.25) is 0 Å². The topological polar surface area (TPSA) is 120 Å². The van der Waals surface area contributed by atoms with Gasteiger partial charge in [0, 0.05) is 23.6 Å². The summed E-state index contributed by atoms with van der Waals surface area (Å²) >= 11 is 4.16.